The molecule has 2 aromatic heterocycles. The van der Waals surface area contributed by atoms with Crippen molar-refractivity contribution in [3.8, 4) is 5.82 Å². The van der Waals surface area contributed by atoms with Gasteiger partial charge in [-0.2, -0.15) is 5.10 Å². The van der Waals surface area contributed by atoms with Gasteiger partial charge in [-0.25, -0.2) is 9.67 Å². The summed E-state index contributed by atoms with van der Waals surface area (Å²) in [4.78, 5) is 4.63. The zero-order valence-electron chi connectivity index (χ0n) is 11.5. The first kappa shape index (κ1) is 14.5. The highest BCUT2D eigenvalue weighted by Crippen LogP contribution is 2.12. The Morgan fingerprint density at radius 3 is 2.74 bits per heavy atom. The molecule has 0 aliphatic rings. The molecule has 2 rings (SSSR count). The topological polar surface area (TPSA) is 42.7 Å². The van der Waals surface area contributed by atoms with Crippen molar-refractivity contribution in [2.45, 2.75) is 39.8 Å². The van der Waals surface area contributed by atoms with Crippen molar-refractivity contribution >= 4 is 22.6 Å². The fraction of sp³-hybridized carbons (Fsp3) is 0.429. The minimum atomic E-state index is 0.479. The molecule has 0 saturated heterocycles. The number of aryl methyl sites for hydroxylation is 1. The van der Waals surface area contributed by atoms with Crippen LogP contribution in [0, 0.1) is 3.57 Å². The van der Waals surface area contributed by atoms with Gasteiger partial charge in [0.1, 0.15) is 0 Å². The van der Waals surface area contributed by atoms with Gasteiger partial charge in [-0.1, -0.05) is 20.8 Å². The van der Waals surface area contributed by atoms with Crippen molar-refractivity contribution < 1.29 is 0 Å². The van der Waals surface area contributed by atoms with Crippen LogP contribution >= 0.6 is 22.6 Å². The summed E-state index contributed by atoms with van der Waals surface area (Å²) >= 11 is 2.26. The second kappa shape index (κ2) is 6.47. The average Bonchev–Trinajstić information content (AvgIpc) is 2.82. The Bertz CT molecular complexity index is 548. The molecule has 0 aliphatic heterocycles. The smallest absolute Gasteiger partial charge is 0.153 e. The first-order chi connectivity index (χ1) is 9.08. The molecular weight excluding hydrogens is 351 g/mol. The van der Waals surface area contributed by atoms with Gasteiger partial charge in [0, 0.05) is 24.5 Å². The lowest BCUT2D eigenvalue weighted by Crippen LogP contribution is -2.22. The molecule has 0 fully saturated rings. The van der Waals surface area contributed by atoms with Crippen LogP contribution in [0.15, 0.2) is 24.5 Å². The molecule has 0 unspecified atom stereocenters. The summed E-state index contributed by atoms with van der Waals surface area (Å²) in [6, 6.07) is 4.73. The van der Waals surface area contributed by atoms with Crippen LogP contribution in [-0.4, -0.2) is 20.8 Å². The summed E-state index contributed by atoms with van der Waals surface area (Å²) in [5, 5.41) is 7.76. The molecule has 5 heteroatoms. The molecule has 0 radical (unpaired) electrons. The Labute approximate surface area is 127 Å². The van der Waals surface area contributed by atoms with Gasteiger partial charge in [0.15, 0.2) is 5.82 Å². The highest BCUT2D eigenvalue weighted by atomic mass is 127. The van der Waals surface area contributed by atoms with E-state index in [0.717, 1.165) is 28.0 Å². The molecule has 1 N–H and O–H groups in total. The predicted octanol–water partition coefficient (Wildman–Crippen LogP) is 2.93. The number of nitrogens with zero attached hydrogens (tertiary/aromatic N) is 3. The lowest BCUT2D eigenvalue weighted by Gasteiger charge is -2.11. The molecule has 0 saturated carbocycles. The second-order valence-corrected chi connectivity index (χ2v) is 6.06. The highest BCUT2D eigenvalue weighted by Gasteiger charge is 2.06. The van der Waals surface area contributed by atoms with Crippen LogP contribution < -0.4 is 5.32 Å². The van der Waals surface area contributed by atoms with Crippen LogP contribution in [0.25, 0.3) is 5.82 Å². The third-order valence-corrected chi connectivity index (χ3v) is 3.34. The second-order valence-electron chi connectivity index (χ2n) is 4.82. The van der Waals surface area contributed by atoms with Gasteiger partial charge in [0.25, 0.3) is 0 Å². The van der Waals surface area contributed by atoms with E-state index in [9.17, 15) is 0 Å². The maximum atomic E-state index is 4.63. The molecule has 0 spiro atoms. The summed E-state index contributed by atoms with van der Waals surface area (Å²) < 4.78 is 2.95. The summed E-state index contributed by atoms with van der Waals surface area (Å²) in [7, 11) is 0. The van der Waals surface area contributed by atoms with Crippen LogP contribution in [0.5, 0.6) is 0 Å². The Morgan fingerprint density at radius 1 is 1.37 bits per heavy atom. The Hall–Kier alpha value is -0.950. The monoisotopic (exact) mass is 370 g/mol. The summed E-state index contributed by atoms with van der Waals surface area (Å²) in [6.45, 7) is 7.29. The predicted molar refractivity (Wildman–Crippen MR) is 85.4 cm³/mol. The molecule has 4 nitrogen and oxygen atoms in total. The molecule has 0 bridgehead atoms. The average molecular weight is 370 g/mol. The Morgan fingerprint density at radius 2 is 2.16 bits per heavy atom. The van der Waals surface area contributed by atoms with Crippen molar-refractivity contribution in [3.63, 3.8) is 0 Å². The fourth-order valence-electron chi connectivity index (χ4n) is 1.78. The molecule has 102 valence electrons. The standard InChI is InChI=1S/C14H19IN4/c1-4-13-5-11(7-16-10(2)3)6-14(18-13)19-9-12(15)8-17-19/h5-6,8-10,16H,4,7H2,1-3H3. The van der Waals surface area contributed by atoms with E-state index in [1.807, 2.05) is 17.1 Å². The maximum absolute atomic E-state index is 4.63. The SMILES string of the molecule is CCc1cc(CNC(C)C)cc(-n2cc(I)cn2)n1. The number of rotatable bonds is 5. The first-order valence-corrected chi connectivity index (χ1v) is 7.60. The van der Waals surface area contributed by atoms with E-state index in [0.29, 0.717) is 6.04 Å². The van der Waals surface area contributed by atoms with Gasteiger partial charge < -0.3 is 5.32 Å². The molecule has 2 heterocycles. The third kappa shape index (κ3) is 4.01. The zero-order valence-corrected chi connectivity index (χ0v) is 13.7. The zero-order chi connectivity index (χ0) is 13.8. The molecule has 0 amide bonds. The van der Waals surface area contributed by atoms with Crippen molar-refractivity contribution in [3.05, 3.63) is 39.4 Å². The van der Waals surface area contributed by atoms with E-state index in [-0.39, 0.29) is 0 Å². The van der Waals surface area contributed by atoms with Crippen LogP contribution in [0.1, 0.15) is 32.0 Å². The number of hydrogen-bond donors (Lipinski definition) is 1. The van der Waals surface area contributed by atoms with Crippen LogP contribution in [0.2, 0.25) is 0 Å². The van der Waals surface area contributed by atoms with E-state index in [1.165, 1.54) is 5.56 Å². The van der Waals surface area contributed by atoms with E-state index in [1.54, 1.807) is 0 Å². The molecule has 2 aromatic rings. The molecule has 0 atom stereocenters. The van der Waals surface area contributed by atoms with Crippen molar-refractivity contribution in [2.24, 2.45) is 0 Å². The number of halogens is 1. The quantitative estimate of drug-likeness (QED) is 0.824. The van der Waals surface area contributed by atoms with E-state index >= 15 is 0 Å². The molecule has 19 heavy (non-hydrogen) atoms. The van der Waals surface area contributed by atoms with Gasteiger partial charge in [-0.3, -0.25) is 0 Å². The highest BCUT2D eigenvalue weighted by molar-refractivity contribution is 14.1. The van der Waals surface area contributed by atoms with Gasteiger partial charge in [-0.05, 0) is 46.7 Å². The molecule has 0 aliphatic carbocycles. The van der Waals surface area contributed by atoms with Gasteiger partial charge in [-0.15, -0.1) is 0 Å². The minimum Gasteiger partial charge on any atom is -0.310 e. The van der Waals surface area contributed by atoms with Gasteiger partial charge in [0.2, 0.25) is 0 Å². The number of aromatic nitrogens is 3. The summed E-state index contributed by atoms with van der Waals surface area (Å²) in [5.41, 5.74) is 2.35. The van der Waals surface area contributed by atoms with Crippen molar-refractivity contribution in [2.75, 3.05) is 0 Å². The van der Waals surface area contributed by atoms with Crippen LogP contribution in [-0.2, 0) is 13.0 Å². The van der Waals surface area contributed by atoms with E-state index in [2.05, 4.69) is 70.9 Å². The lowest BCUT2D eigenvalue weighted by molar-refractivity contribution is 0.587. The minimum absolute atomic E-state index is 0.479. The third-order valence-electron chi connectivity index (χ3n) is 2.79. The van der Waals surface area contributed by atoms with Crippen LogP contribution in [0.4, 0.5) is 0 Å². The number of hydrogen-bond acceptors (Lipinski definition) is 3. The van der Waals surface area contributed by atoms with Gasteiger partial charge >= 0.3 is 0 Å². The number of pyridine rings is 1. The van der Waals surface area contributed by atoms with Gasteiger partial charge in [0.05, 0.1) is 9.77 Å². The maximum Gasteiger partial charge on any atom is 0.153 e. The van der Waals surface area contributed by atoms with Crippen molar-refractivity contribution in [1.29, 1.82) is 0 Å². The molecular formula is C14H19IN4. The van der Waals surface area contributed by atoms with Crippen molar-refractivity contribution in [1.82, 2.24) is 20.1 Å². The lowest BCUT2D eigenvalue weighted by atomic mass is 10.2. The number of nitrogens with one attached hydrogen (secondary N) is 1. The van der Waals surface area contributed by atoms with E-state index < -0.39 is 0 Å². The Balaban J connectivity index is 2.30. The Kier molecular flexibility index (Phi) is 4.93. The fourth-order valence-corrected chi connectivity index (χ4v) is 2.17. The summed E-state index contributed by atoms with van der Waals surface area (Å²) in [6.07, 6.45) is 4.76. The van der Waals surface area contributed by atoms with Crippen LogP contribution in [0.3, 0.4) is 0 Å². The largest absolute Gasteiger partial charge is 0.310 e. The first-order valence-electron chi connectivity index (χ1n) is 6.52. The van der Waals surface area contributed by atoms with E-state index in [4.69, 9.17) is 0 Å². The normalized spacial score (nSPS) is 11.2. The molecule has 0 aromatic carbocycles. The summed E-state index contributed by atoms with van der Waals surface area (Å²) in [5.74, 6) is 0.892.